The Morgan fingerprint density at radius 1 is 0.698 bits per heavy atom. The first-order chi connectivity index (χ1) is 25.8. The molecule has 11 heteroatoms. The van der Waals surface area contributed by atoms with Crippen LogP contribution in [0, 0.1) is 0 Å². The highest BCUT2D eigenvalue weighted by Crippen LogP contribution is 2.41. The van der Waals surface area contributed by atoms with E-state index in [4.69, 9.17) is 9.47 Å². The van der Waals surface area contributed by atoms with E-state index >= 15 is 0 Å². The summed E-state index contributed by atoms with van der Waals surface area (Å²) >= 11 is 0. The van der Waals surface area contributed by atoms with Crippen molar-refractivity contribution in [3.8, 4) is 0 Å². The first-order valence-electron chi connectivity index (χ1n) is 17.4. The number of para-hydroxylation sites is 2. The lowest BCUT2D eigenvalue weighted by Gasteiger charge is -2.37. The lowest BCUT2D eigenvalue weighted by molar-refractivity contribution is -0.132. The zero-order valence-electron chi connectivity index (χ0n) is 28.5. The van der Waals surface area contributed by atoms with Crippen LogP contribution >= 0.6 is 0 Å². The topological polar surface area (TPSA) is 129 Å². The van der Waals surface area contributed by atoms with Gasteiger partial charge in [-0.15, -0.1) is 0 Å². The minimum atomic E-state index is -0.738. The van der Waals surface area contributed by atoms with Crippen LogP contribution in [-0.4, -0.2) is 62.4 Å². The average molecular weight is 705 g/mol. The summed E-state index contributed by atoms with van der Waals surface area (Å²) in [5.41, 5.74) is 4.39. The zero-order chi connectivity index (χ0) is 36.4. The predicted molar refractivity (Wildman–Crippen MR) is 195 cm³/mol. The smallest absolute Gasteiger partial charge is 0.338 e. The zero-order valence-corrected chi connectivity index (χ0v) is 28.5. The third-order valence-electron chi connectivity index (χ3n) is 10.3. The van der Waals surface area contributed by atoms with Crippen LogP contribution < -0.4 is 5.32 Å². The second-order valence-electron chi connectivity index (χ2n) is 13.5. The molecule has 1 N–H and O–H groups in total. The normalized spacial score (nSPS) is 20.1. The van der Waals surface area contributed by atoms with Gasteiger partial charge in [0.1, 0.15) is 12.3 Å². The van der Waals surface area contributed by atoms with Gasteiger partial charge in [0.2, 0.25) is 0 Å². The molecule has 3 aliphatic heterocycles. The predicted octanol–water partition coefficient (Wildman–Crippen LogP) is 5.90. The van der Waals surface area contributed by atoms with Crippen LogP contribution in [0.15, 0.2) is 116 Å². The van der Waals surface area contributed by atoms with Gasteiger partial charge in [-0.2, -0.15) is 0 Å². The average Bonchev–Trinajstić information content (AvgIpc) is 3.88. The van der Waals surface area contributed by atoms with Crippen molar-refractivity contribution in [2.24, 2.45) is 7.05 Å². The summed E-state index contributed by atoms with van der Waals surface area (Å²) in [7, 11) is 1.90. The molecular formula is C42H32N4O7. The molecule has 3 aliphatic rings. The molecule has 4 aromatic carbocycles. The molecule has 6 aromatic rings. The standard InChI is InChI=1S/C42H32N4O7/c1-44-22-31(27-13-7-9-17-33(27)44)36-37(39(48)43-38(36)47)32-23-45(34-18-10-8-14-28(32)34)35-20-25(53-42(51)24-11-3-2-4-12-24)19-26(52-35)21-46-40(49)29-15-5-6-16-30(29)41(46)50/h2-18,22-23,25-26,35H,19-21H2,1H3,(H,43,47,48)/t25-,26-,35+/m0/s1. The number of nitrogens with one attached hydrogen (secondary N) is 1. The highest BCUT2D eigenvalue weighted by atomic mass is 16.6. The van der Waals surface area contributed by atoms with Crippen LogP contribution in [0.25, 0.3) is 33.0 Å². The number of hydrogen-bond acceptors (Lipinski definition) is 7. The molecule has 53 heavy (non-hydrogen) atoms. The van der Waals surface area contributed by atoms with Crippen LogP contribution in [-0.2, 0) is 26.1 Å². The third-order valence-corrected chi connectivity index (χ3v) is 10.3. The lowest BCUT2D eigenvalue weighted by atomic mass is 9.95. The number of carbonyl (C=O) groups excluding carboxylic acids is 5. The minimum absolute atomic E-state index is 0.0540. The SMILES string of the molecule is Cn1cc(C2=C(c3cn([C@H]4C[C@@H](OC(=O)c5ccccc5)C[C@@H](CN5C(=O)c6ccccc6C5=O)O4)c4ccccc34)C(=O)NC2=O)c2ccccc21. The van der Waals surface area contributed by atoms with Gasteiger partial charge in [-0.1, -0.05) is 66.7 Å². The number of imide groups is 2. The Hall–Kier alpha value is -6.59. The number of ether oxygens (including phenoxy) is 2. The third kappa shape index (κ3) is 5.36. The summed E-state index contributed by atoms with van der Waals surface area (Å²) in [6.45, 7) is -0.0540. The molecule has 1 fully saturated rings. The van der Waals surface area contributed by atoms with Crippen molar-refractivity contribution in [1.82, 2.24) is 19.4 Å². The Morgan fingerprint density at radius 2 is 1.26 bits per heavy atom. The van der Waals surface area contributed by atoms with Crippen molar-refractivity contribution in [2.75, 3.05) is 6.54 Å². The van der Waals surface area contributed by atoms with E-state index < -0.39 is 48.0 Å². The summed E-state index contributed by atoms with van der Waals surface area (Å²) in [4.78, 5) is 68.5. The highest BCUT2D eigenvalue weighted by Gasteiger charge is 2.41. The van der Waals surface area contributed by atoms with E-state index in [1.54, 1.807) is 54.7 Å². The number of aryl methyl sites for hydroxylation is 1. The van der Waals surface area contributed by atoms with Crippen molar-refractivity contribution in [2.45, 2.75) is 31.3 Å². The number of amides is 4. The number of benzene rings is 4. The fourth-order valence-electron chi connectivity index (χ4n) is 7.90. The van der Waals surface area contributed by atoms with Crippen molar-refractivity contribution < 1.29 is 33.4 Å². The molecule has 4 amide bonds. The molecule has 262 valence electrons. The lowest BCUT2D eigenvalue weighted by Crippen LogP contribution is -2.44. The Labute approximate surface area is 303 Å². The molecule has 0 unspecified atom stereocenters. The van der Waals surface area contributed by atoms with Crippen LogP contribution in [0.4, 0.5) is 0 Å². The van der Waals surface area contributed by atoms with Gasteiger partial charge in [0.25, 0.3) is 23.6 Å². The Kier molecular flexibility index (Phi) is 7.67. The molecule has 2 aromatic heterocycles. The largest absolute Gasteiger partial charge is 0.458 e. The van der Waals surface area contributed by atoms with E-state index in [-0.39, 0.29) is 30.5 Å². The van der Waals surface area contributed by atoms with Crippen LogP contribution in [0.1, 0.15) is 61.3 Å². The number of aromatic nitrogens is 2. The van der Waals surface area contributed by atoms with E-state index in [0.29, 0.717) is 33.2 Å². The summed E-state index contributed by atoms with van der Waals surface area (Å²) in [6.07, 6.45) is 2.06. The van der Waals surface area contributed by atoms with Crippen molar-refractivity contribution in [3.05, 3.63) is 143 Å². The number of hydrogen-bond donors (Lipinski definition) is 1. The van der Waals surface area contributed by atoms with Gasteiger partial charge in [0.05, 0.1) is 46.0 Å². The first-order valence-corrected chi connectivity index (χ1v) is 17.4. The summed E-state index contributed by atoms with van der Waals surface area (Å²) in [5, 5.41) is 4.08. The Morgan fingerprint density at radius 3 is 1.94 bits per heavy atom. The van der Waals surface area contributed by atoms with Crippen molar-refractivity contribution in [1.29, 1.82) is 0 Å². The molecule has 0 radical (unpaired) electrons. The van der Waals surface area contributed by atoms with Gasteiger partial charge in [0.15, 0.2) is 0 Å². The van der Waals surface area contributed by atoms with Gasteiger partial charge >= 0.3 is 5.97 Å². The summed E-state index contributed by atoms with van der Waals surface area (Å²) < 4.78 is 16.6. The molecule has 0 bridgehead atoms. The second kappa shape index (κ2) is 12.6. The maximum absolute atomic E-state index is 13.7. The monoisotopic (exact) mass is 704 g/mol. The quantitative estimate of drug-likeness (QED) is 0.162. The number of nitrogens with zero attached hydrogens (tertiary/aromatic N) is 3. The van der Waals surface area contributed by atoms with Gasteiger partial charge in [-0.25, -0.2) is 4.79 Å². The van der Waals surface area contributed by atoms with Crippen molar-refractivity contribution in [3.63, 3.8) is 0 Å². The second-order valence-corrected chi connectivity index (χ2v) is 13.5. The van der Waals surface area contributed by atoms with Crippen LogP contribution in [0.5, 0.6) is 0 Å². The van der Waals surface area contributed by atoms with Crippen LogP contribution in [0.2, 0.25) is 0 Å². The maximum Gasteiger partial charge on any atom is 0.338 e. The van der Waals surface area contributed by atoms with E-state index in [1.807, 2.05) is 77.0 Å². The van der Waals surface area contributed by atoms with Gasteiger partial charge < -0.3 is 18.6 Å². The molecular weight excluding hydrogens is 672 g/mol. The molecule has 9 rings (SSSR count). The number of fused-ring (bicyclic) bond motifs is 3. The molecule has 3 atom stereocenters. The minimum Gasteiger partial charge on any atom is -0.458 e. The fourth-order valence-corrected chi connectivity index (χ4v) is 7.90. The Balaban J connectivity index is 1.12. The first kappa shape index (κ1) is 32.3. The van der Waals surface area contributed by atoms with Gasteiger partial charge in [0, 0.05) is 59.7 Å². The molecule has 1 saturated heterocycles. The van der Waals surface area contributed by atoms with E-state index in [0.717, 1.165) is 16.4 Å². The summed E-state index contributed by atoms with van der Waals surface area (Å²) in [5.74, 6) is -2.32. The van der Waals surface area contributed by atoms with Gasteiger partial charge in [-0.05, 0) is 36.4 Å². The number of rotatable bonds is 7. The molecule has 0 saturated carbocycles. The summed E-state index contributed by atoms with van der Waals surface area (Å²) in [6, 6.07) is 30.6. The van der Waals surface area contributed by atoms with Crippen molar-refractivity contribution >= 4 is 62.6 Å². The fraction of sp³-hybridized carbons (Fsp3) is 0.167. The molecule has 11 nitrogen and oxygen atoms in total. The van der Waals surface area contributed by atoms with E-state index in [9.17, 15) is 24.0 Å². The highest BCUT2D eigenvalue weighted by molar-refractivity contribution is 6.50. The molecule has 0 spiro atoms. The molecule has 5 heterocycles. The van der Waals surface area contributed by atoms with Crippen LogP contribution in [0.3, 0.4) is 0 Å². The Bertz CT molecular complexity index is 2530. The number of esters is 1. The maximum atomic E-state index is 13.7. The van der Waals surface area contributed by atoms with E-state index in [1.165, 1.54) is 4.90 Å². The van der Waals surface area contributed by atoms with E-state index in [2.05, 4.69) is 5.32 Å². The van der Waals surface area contributed by atoms with Gasteiger partial charge in [-0.3, -0.25) is 29.4 Å². The molecule has 0 aliphatic carbocycles. The number of carbonyl (C=O) groups is 5.